The van der Waals surface area contributed by atoms with Gasteiger partial charge in [0, 0.05) is 13.6 Å². The number of aryl methyl sites for hydroxylation is 1. The van der Waals surface area contributed by atoms with Crippen molar-refractivity contribution in [2.24, 2.45) is 0 Å². The SMILES string of the molecule is CCCNc1ccc(C(=O)N(C)Cc2n[nH]c(C)n2)nn1. The maximum Gasteiger partial charge on any atom is 0.274 e. The van der Waals surface area contributed by atoms with E-state index in [2.05, 4.69) is 37.6 Å². The van der Waals surface area contributed by atoms with Crippen molar-refractivity contribution in [1.29, 1.82) is 0 Å². The lowest BCUT2D eigenvalue weighted by Crippen LogP contribution is -2.27. The Morgan fingerprint density at radius 2 is 2.19 bits per heavy atom. The molecule has 0 aromatic carbocycles. The van der Waals surface area contributed by atoms with E-state index in [9.17, 15) is 4.79 Å². The van der Waals surface area contributed by atoms with E-state index >= 15 is 0 Å². The topological polar surface area (TPSA) is 99.7 Å². The average molecular weight is 289 g/mol. The fourth-order valence-electron chi connectivity index (χ4n) is 1.73. The molecule has 0 aliphatic rings. The summed E-state index contributed by atoms with van der Waals surface area (Å²) in [6.07, 6.45) is 1.00. The van der Waals surface area contributed by atoms with Crippen LogP contribution in [0.3, 0.4) is 0 Å². The summed E-state index contributed by atoms with van der Waals surface area (Å²) in [6, 6.07) is 3.41. The highest BCUT2D eigenvalue weighted by molar-refractivity contribution is 5.91. The molecular formula is C13H19N7O. The molecule has 21 heavy (non-hydrogen) atoms. The van der Waals surface area contributed by atoms with Gasteiger partial charge in [-0.1, -0.05) is 6.92 Å². The van der Waals surface area contributed by atoms with Gasteiger partial charge in [-0.25, -0.2) is 4.98 Å². The number of anilines is 1. The largest absolute Gasteiger partial charge is 0.369 e. The third-order valence-corrected chi connectivity index (χ3v) is 2.81. The van der Waals surface area contributed by atoms with Crippen molar-refractivity contribution >= 4 is 11.7 Å². The Morgan fingerprint density at radius 3 is 2.76 bits per heavy atom. The maximum absolute atomic E-state index is 12.2. The molecule has 0 aliphatic carbocycles. The Morgan fingerprint density at radius 1 is 1.38 bits per heavy atom. The Bertz CT molecular complexity index is 593. The zero-order valence-electron chi connectivity index (χ0n) is 12.4. The number of amides is 1. The van der Waals surface area contributed by atoms with Gasteiger partial charge in [0.25, 0.3) is 5.91 Å². The number of carbonyl (C=O) groups excluding carboxylic acids is 1. The number of hydrogen-bond donors (Lipinski definition) is 2. The van der Waals surface area contributed by atoms with E-state index in [1.54, 1.807) is 19.2 Å². The molecule has 8 heteroatoms. The molecule has 2 aromatic rings. The van der Waals surface area contributed by atoms with Crippen molar-refractivity contribution < 1.29 is 4.79 Å². The Balaban J connectivity index is 1.98. The minimum Gasteiger partial charge on any atom is -0.369 e. The number of aromatic nitrogens is 5. The molecule has 2 aromatic heterocycles. The van der Waals surface area contributed by atoms with Crippen LogP contribution >= 0.6 is 0 Å². The molecule has 0 saturated heterocycles. The second-order valence-electron chi connectivity index (χ2n) is 4.73. The molecule has 0 unspecified atom stereocenters. The number of nitrogens with zero attached hydrogens (tertiary/aromatic N) is 5. The highest BCUT2D eigenvalue weighted by Crippen LogP contribution is 2.06. The van der Waals surface area contributed by atoms with Crippen molar-refractivity contribution in [2.45, 2.75) is 26.8 Å². The van der Waals surface area contributed by atoms with E-state index in [1.807, 2.05) is 6.92 Å². The van der Waals surface area contributed by atoms with Crippen LogP contribution < -0.4 is 5.32 Å². The normalized spacial score (nSPS) is 10.4. The van der Waals surface area contributed by atoms with Crippen molar-refractivity contribution in [3.8, 4) is 0 Å². The molecule has 112 valence electrons. The van der Waals surface area contributed by atoms with Crippen LogP contribution in [0.15, 0.2) is 12.1 Å². The molecule has 8 nitrogen and oxygen atoms in total. The molecule has 2 rings (SSSR count). The fraction of sp³-hybridized carbons (Fsp3) is 0.462. The molecule has 0 spiro atoms. The molecule has 2 heterocycles. The number of H-pyrrole nitrogens is 1. The predicted octanol–water partition coefficient (Wildman–Crippen LogP) is 0.997. The van der Waals surface area contributed by atoms with Crippen LogP contribution in [-0.2, 0) is 6.54 Å². The summed E-state index contributed by atoms with van der Waals surface area (Å²) in [5, 5.41) is 17.8. The lowest BCUT2D eigenvalue weighted by molar-refractivity contribution is 0.0774. The zero-order valence-corrected chi connectivity index (χ0v) is 12.4. The van der Waals surface area contributed by atoms with Crippen LogP contribution in [-0.4, -0.2) is 49.8 Å². The second kappa shape index (κ2) is 6.78. The summed E-state index contributed by atoms with van der Waals surface area (Å²) in [6.45, 7) is 5.02. The summed E-state index contributed by atoms with van der Waals surface area (Å²) in [7, 11) is 1.68. The minimum absolute atomic E-state index is 0.216. The van der Waals surface area contributed by atoms with Gasteiger partial charge in [-0.05, 0) is 25.5 Å². The summed E-state index contributed by atoms with van der Waals surface area (Å²) < 4.78 is 0. The van der Waals surface area contributed by atoms with E-state index in [4.69, 9.17) is 0 Å². The van der Waals surface area contributed by atoms with Crippen molar-refractivity contribution in [1.82, 2.24) is 30.3 Å². The maximum atomic E-state index is 12.2. The molecule has 2 N–H and O–H groups in total. The van der Waals surface area contributed by atoms with E-state index < -0.39 is 0 Å². The van der Waals surface area contributed by atoms with E-state index in [-0.39, 0.29) is 5.91 Å². The monoisotopic (exact) mass is 289 g/mol. The minimum atomic E-state index is -0.216. The standard InChI is InChI=1S/C13H19N7O/c1-4-7-14-11-6-5-10(17-18-11)13(21)20(3)8-12-15-9(2)16-19-12/h5-6H,4,7-8H2,1-3H3,(H,14,18)(H,15,16,19). The number of rotatable bonds is 6. The molecular weight excluding hydrogens is 270 g/mol. The van der Waals surface area contributed by atoms with Crippen LogP contribution in [0.1, 0.15) is 35.5 Å². The average Bonchev–Trinajstić information content (AvgIpc) is 2.90. The Labute approximate surface area is 123 Å². The van der Waals surface area contributed by atoms with Crippen LogP contribution in [0, 0.1) is 6.92 Å². The van der Waals surface area contributed by atoms with Crippen molar-refractivity contribution in [3.63, 3.8) is 0 Å². The molecule has 1 amide bonds. The first kappa shape index (κ1) is 14.9. The van der Waals surface area contributed by atoms with E-state index in [0.29, 0.717) is 23.9 Å². The number of nitrogens with one attached hydrogen (secondary N) is 2. The first-order valence-corrected chi connectivity index (χ1v) is 6.81. The van der Waals surface area contributed by atoms with E-state index in [0.717, 1.165) is 18.8 Å². The van der Waals surface area contributed by atoms with Gasteiger partial charge in [0.05, 0.1) is 6.54 Å². The summed E-state index contributed by atoms with van der Waals surface area (Å²) >= 11 is 0. The molecule has 0 fully saturated rings. The lowest BCUT2D eigenvalue weighted by atomic mass is 10.3. The Hall–Kier alpha value is -2.51. The summed E-state index contributed by atoms with van der Waals surface area (Å²) in [5.41, 5.74) is 0.298. The predicted molar refractivity (Wildman–Crippen MR) is 77.7 cm³/mol. The molecule has 0 aliphatic heterocycles. The zero-order chi connectivity index (χ0) is 15.2. The number of carbonyl (C=O) groups is 1. The first-order valence-electron chi connectivity index (χ1n) is 6.81. The third-order valence-electron chi connectivity index (χ3n) is 2.81. The number of hydrogen-bond acceptors (Lipinski definition) is 6. The molecule has 0 saturated carbocycles. The first-order chi connectivity index (χ1) is 10.1. The van der Waals surface area contributed by atoms with Crippen LogP contribution in [0.25, 0.3) is 0 Å². The number of aromatic amines is 1. The van der Waals surface area contributed by atoms with Gasteiger partial charge >= 0.3 is 0 Å². The van der Waals surface area contributed by atoms with Crippen molar-refractivity contribution in [2.75, 3.05) is 18.9 Å². The van der Waals surface area contributed by atoms with Gasteiger partial charge in [-0.15, -0.1) is 10.2 Å². The quantitative estimate of drug-likeness (QED) is 0.823. The highest BCUT2D eigenvalue weighted by Gasteiger charge is 2.15. The van der Waals surface area contributed by atoms with Gasteiger partial charge in [-0.2, -0.15) is 5.10 Å². The molecule has 0 atom stereocenters. The summed E-state index contributed by atoms with van der Waals surface area (Å²) in [5.74, 6) is 1.74. The van der Waals surface area contributed by atoms with Crippen molar-refractivity contribution in [3.05, 3.63) is 29.5 Å². The second-order valence-corrected chi connectivity index (χ2v) is 4.73. The van der Waals surface area contributed by atoms with Gasteiger partial charge in [-0.3, -0.25) is 9.89 Å². The van der Waals surface area contributed by atoms with Gasteiger partial charge in [0.1, 0.15) is 11.6 Å². The summed E-state index contributed by atoms with van der Waals surface area (Å²) in [4.78, 5) is 17.9. The molecule has 0 bridgehead atoms. The van der Waals surface area contributed by atoms with Crippen LogP contribution in [0.2, 0.25) is 0 Å². The fourth-order valence-corrected chi connectivity index (χ4v) is 1.73. The lowest BCUT2D eigenvalue weighted by Gasteiger charge is -2.14. The molecule has 0 radical (unpaired) electrons. The smallest absolute Gasteiger partial charge is 0.274 e. The van der Waals surface area contributed by atoms with Crippen LogP contribution in [0.4, 0.5) is 5.82 Å². The Kier molecular flexibility index (Phi) is 4.81. The van der Waals surface area contributed by atoms with E-state index in [1.165, 1.54) is 4.90 Å². The van der Waals surface area contributed by atoms with Gasteiger partial charge in [0.15, 0.2) is 11.5 Å². The van der Waals surface area contributed by atoms with Crippen LogP contribution in [0.5, 0.6) is 0 Å². The highest BCUT2D eigenvalue weighted by atomic mass is 16.2. The third kappa shape index (κ3) is 3.98. The van der Waals surface area contributed by atoms with Gasteiger partial charge < -0.3 is 10.2 Å². The van der Waals surface area contributed by atoms with Gasteiger partial charge in [0.2, 0.25) is 0 Å².